The predicted molar refractivity (Wildman–Crippen MR) is 78.4 cm³/mol. The minimum atomic E-state index is 0.141. The van der Waals surface area contributed by atoms with E-state index in [1.807, 2.05) is 19.1 Å². The molecule has 0 fully saturated rings. The molecular formula is C16H23NO3. The summed E-state index contributed by atoms with van der Waals surface area (Å²) in [6.07, 6.45) is 2.43. The summed E-state index contributed by atoms with van der Waals surface area (Å²) < 4.78 is 11.1. The van der Waals surface area contributed by atoms with Crippen molar-refractivity contribution in [2.45, 2.75) is 39.0 Å². The lowest BCUT2D eigenvalue weighted by atomic mass is 9.97. The summed E-state index contributed by atoms with van der Waals surface area (Å²) in [5, 5.41) is 2.95. The van der Waals surface area contributed by atoms with Crippen molar-refractivity contribution in [2.75, 3.05) is 19.8 Å². The van der Waals surface area contributed by atoms with Gasteiger partial charge in [-0.25, -0.2) is 0 Å². The van der Waals surface area contributed by atoms with Crippen LogP contribution in [0.1, 0.15) is 44.6 Å². The van der Waals surface area contributed by atoms with E-state index in [-0.39, 0.29) is 5.91 Å². The van der Waals surface area contributed by atoms with Gasteiger partial charge in [0.1, 0.15) is 13.2 Å². The van der Waals surface area contributed by atoms with Crippen LogP contribution in [0.15, 0.2) is 18.2 Å². The summed E-state index contributed by atoms with van der Waals surface area (Å²) in [4.78, 5) is 11.4. The normalized spacial score (nSPS) is 14.7. The number of fused-ring (bicyclic) bond motifs is 1. The minimum absolute atomic E-state index is 0.141. The maximum atomic E-state index is 11.4. The average Bonchev–Trinajstić information content (AvgIpc) is 2.47. The second-order valence-electron chi connectivity index (χ2n) is 5.19. The number of carbonyl (C=O) groups excluding carboxylic acids is 1. The monoisotopic (exact) mass is 277 g/mol. The summed E-state index contributed by atoms with van der Waals surface area (Å²) in [6.45, 7) is 6.12. The van der Waals surface area contributed by atoms with Crippen molar-refractivity contribution in [3.8, 4) is 11.5 Å². The van der Waals surface area contributed by atoms with Crippen molar-refractivity contribution in [1.82, 2.24) is 5.32 Å². The zero-order valence-corrected chi connectivity index (χ0v) is 12.3. The van der Waals surface area contributed by atoms with Crippen molar-refractivity contribution in [1.29, 1.82) is 0 Å². The van der Waals surface area contributed by atoms with Crippen molar-refractivity contribution >= 4 is 5.91 Å². The van der Waals surface area contributed by atoms with E-state index in [9.17, 15) is 4.79 Å². The molecule has 1 aliphatic heterocycles. The van der Waals surface area contributed by atoms with E-state index in [1.54, 1.807) is 0 Å². The second kappa shape index (κ2) is 7.17. The topological polar surface area (TPSA) is 47.6 Å². The predicted octanol–water partition coefficient (Wildman–Crippen LogP) is 2.87. The number of nitrogens with one attached hydrogen (secondary N) is 1. The van der Waals surface area contributed by atoms with E-state index >= 15 is 0 Å². The van der Waals surface area contributed by atoms with Gasteiger partial charge in [-0.1, -0.05) is 19.9 Å². The van der Waals surface area contributed by atoms with Gasteiger partial charge in [0.15, 0.2) is 11.5 Å². The van der Waals surface area contributed by atoms with Crippen molar-refractivity contribution in [2.24, 2.45) is 0 Å². The molecule has 1 amide bonds. The van der Waals surface area contributed by atoms with Gasteiger partial charge in [0.05, 0.1) is 0 Å². The van der Waals surface area contributed by atoms with E-state index in [1.165, 1.54) is 5.56 Å². The summed E-state index contributed by atoms with van der Waals surface area (Å²) in [5.41, 5.74) is 1.22. The fourth-order valence-corrected chi connectivity index (χ4v) is 2.28. The van der Waals surface area contributed by atoms with Crippen LogP contribution < -0.4 is 14.8 Å². The zero-order chi connectivity index (χ0) is 14.4. The standard InChI is InChI=1S/C16H23NO3/c1-3-4-16(18)17-8-7-12(2)13-5-6-14-15(11-13)20-10-9-19-14/h5-6,11-12H,3-4,7-10H2,1-2H3,(H,17,18). The second-order valence-corrected chi connectivity index (χ2v) is 5.19. The number of carbonyl (C=O) groups is 1. The molecule has 0 aliphatic carbocycles. The Bertz CT molecular complexity index is 459. The SMILES string of the molecule is CCCC(=O)NCCC(C)c1ccc2c(c1)OCCO2. The Morgan fingerprint density at radius 3 is 2.80 bits per heavy atom. The van der Waals surface area contributed by atoms with E-state index in [2.05, 4.69) is 18.3 Å². The number of hydrogen-bond acceptors (Lipinski definition) is 3. The van der Waals surface area contributed by atoms with Gasteiger partial charge in [-0.05, 0) is 36.5 Å². The maximum Gasteiger partial charge on any atom is 0.219 e. The highest BCUT2D eigenvalue weighted by atomic mass is 16.6. The number of hydrogen-bond donors (Lipinski definition) is 1. The van der Waals surface area contributed by atoms with Crippen LogP contribution in [0.25, 0.3) is 0 Å². The lowest BCUT2D eigenvalue weighted by Crippen LogP contribution is -2.24. The molecule has 110 valence electrons. The highest BCUT2D eigenvalue weighted by molar-refractivity contribution is 5.75. The Balaban J connectivity index is 1.86. The smallest absolute Gasteiger partial charge is 0.219 e. The number of benzene rings is 1. The molecule has 0 spiro atoms. The van der Waals surface area contributed by atoms with Crippen LogP contribution in [-0.2, 0) is 4.79 Å². The molecule has 1 atom stereocenters. The molecule has 1 N–H and O–H groups in total. The fraction of sp³-hybridized carbons (Fsp3) is 0.562. The molecular weight excluding hydrogens is 254 g/mol. The highest BCUT2D eigenvalue weighted by Crippen LogP contribution is 2.33. The number of rotatable bonds is 6. The molecule has 1 aromatic rings. The molecule has 1 aromatic carbocycles. The molecule has 0 saturated heterocycles. The maximum absolute atomic E-state index is 11.4. The lowest BCUT2D eigenvalue weighted by Gasteiger charge is -2.20. The largest absolute Gasteiger partial charge is 0.486 e. The molecule has 4 nitrogen and oxygen atoms in total. The van der Waals surface area contributed by atoms with Crippen molar-refractivity contribution < 1.29 is 14.3 Å². The average molecular weight is 277 g/mol. The lowest BCUT2D eigenvalue weighted by molar-refractivity contribution is -0.121. The Labute approximate surface area is 120 Å². The molecule has 1 aliphatic rings. The zero-order valence-electron chi connectivity index (χ0n) is 12.3. The van der Waals surface area contributed by atoms with Crippen LogP contribution in [0.3, 0.4) is 0 Å². The van der Waals surface area contributed by atoms with Crippen LogP contribution >= 0.6 is 0 Å². The molecule has 2 rings (SSSR count). The van der Waals surface area contributed by atoms with Crippen LogP contribution in [-0.4, -0.2) is 25.7 Å². The van der Waals surface area contributed by atoms with E-state index in [0.717, 1.165) is 24.3 Å². The van der Waals surface area contributed by atoms with Gasteiger partial charge in [-0.3, -0.25) is 4.79 Å². The van der Waals surface area contributed by atoms with Crippen LogP contribution in [0.4, 0.5) is 0 Å². The summed E-state index contributed by atoms with van der Waals surface area (Å²) in [7, 11) is 0. The van der Waals surface area contributed by atoms with E-state index in [4.69, 9.17) is 9.47 Å². The highest BCUT2D eigenvalue weighted by Gasteiger charge is 2.14. The number of amides is 1. The van der Waals surface area contributed by atoms with Gasteiger partial charge in [0.2, 0.25) is 5.91 Å². The Morgan fingerprint density at radius 1 is 1.30 bits per heavy atom. The first-order valence-electron chi connectivity index (χ1n) is 7.37. The summed E-state index contributed by atoms with van der Waals surface area (Å²) in [5.74, 6) is 2.17. The van der Waals surface area contributed by atoms with Gasteiger partial charge in [-0.15, -0.1) is 0 Å². The third-order valence-corrected chi connectivity index (χ3v) is 3.51. The Hall–Kier alpha value is -1.71. The van der Waals surface area contributed by atoms with Gasteiger partial charge in [0.25, 0.3) is 0 Å². The van der Waals surface area contributed by atoms with Crippen LogP contribution in [0.2, 0.25) is 0 Å². The molecule has 1 heterocycles. The van der Waals surface area contributed by atoms with Crippen molar-refractivity contribution in [3.63, 3.8) is 0 Å². The van der Waals surface area contributed by atoms with Crippen molar-refractivity contribution in [3.05, 3.63) is 23.8 Å². The molecule has 0 bridgehead atoms. The Morgan fingerprint density at radius 2 is 2.05 bits per heavy atom. The first-order chi connectivity index (χ1) is 9.70. The van der Waals surface area contributed by atoms with Crippen LogP contribution in [0.5, 0.6) is 11.5 Å². The minimum Gasteiger partial charge on any atom is -0.486 e. The van der Waals surface area contributed by atoms with Gasteiger partial charge >= 0.3 is 0 Å². The van der Waals surface area contributed by atoms with Crippen LogP contribution in [0, 0.1) is 0 Å². The summed E-state index contributed by atoms with van der Waals surface area (Å²) in [6, 6.07) is 6.09. The third kappa shape index (κ3) is 3.89. The van der Waals surface area contributed by atoms with Gasteiger partial charge in [-0.2, -0.15) is 0 Å². The molecule has 4 heteroatoms. The number of ether oxygens (including phenoxy) is 2. The van der Waals surface area contributed by atoms with Gasteiger partial charge in [0, 0.05) is 13.0 Å². The molecule has 1 unspecified atom stereocenters. The summed E-state index contributed by atoms with van der Waals surface area (Å²) >= 11 is 0. The molecule has 0 saturated carbocycles. The Kier molecular flexibility index (Phi) is 5.27. The molecule has 20 heavy (non-hydrogen) atoms. The fourth-order valence-electron chi connectivity index (χ4n) is 2.28. The van der Waals surface area contributed by atoms with Gasteiger partial charge < -0.3 is 14.8 Å². The quantitative estimate of drug-likeness (QED) is 0.869. The van der Waals surface area contributed by atoms with E-state index < -0.39 is 0 Å². The molecule has 0 aromatic heterocycles. The third-order valence-electron chi connectivity index (χ3n) is 3.51. The molecule has 0 radical (unpaired) electrons. The first kappa shape index (κ1) is 14.7. The first-order valence-corrected chi connectivity index (χ1v) is 7.37. The van der Waals surface area contributed by atoms with E-state index in [0.29, 0.717) is 32.1 Å².